The number of carboxylic acid groups (broad SMARTS) is 2. The second kappa shape index (κ2) is 12.2. The first-order chi connectivity index (χ1) is 14.9. The number of carbonyl (C=O) groups excluding carboxylic acids is 2. The maximum atomic E-state index is 12.7. The monoisotopic (exact) mass is 529 g/mol. The molecule has 4 N–H and O–H groups in total. The quantitative estimate of drug-likeness (QED) is 0.196. The molecule has 0 saturated carbocycles. The van der Waals surface area contributed by atoms with Crippen molar-refractivity contribution in [2.24, 2.45) is 0 Å². The van der Waals surface area contributed by atoms with E-state index in [0.29, 0.717) is 27.8 Å². The Morgan fingerprint density at radius 3 is 2.67 bits per heavy atom. The fraction of sp³-hybridized carbons (Fsp3) is 0.294. The third-order valence-corrected chi connectivity index (χ3v) is 7.86. The van der Waals surface area contributed by atoms with Crippen LogP contribution >= 0.6 is 34.9 Å². The van der Waals surface area contributed by atoms with Gasteiger partial charge in [0, 0.05) is 11.5 Å². The number of aromatic carboxylic acids is 1. The van der Waals surface area contributed by atoms with Crippen molar-refractivity contribution in [1.82, 2.24) is 25.4 Å². The van der Waals surface area contributed by atoms with E-state index in [9.17, 15) is 24.3 Å². The molecule has 0 bridgehead atoms. The molecule has 16 heteroatoms. The van der Waals surface area contributed by atoms with Crippen molar-refractivity contribution >= 4 is 118 Å². The van der Waals surface area contributed by atoms with Gasteiger partial charge in [0.05, 0.1) is 6.42 Å². The predicted molar refractivity (Wildman–Crippen MR) is 126 cm³/mol. The number of nitrogens with zero attached hydrogens (tertiary/aromatic N) is 3. The number of hydrogen-bond acceptors (Lipinski definition) is 9. The van der Waals surface area contributed by atoms with Gasteiger partial charge in [-0.05, 0) is 22.6 Å². The molecule has 2 aromatic rings. The molecule has 2 atom stereocenters. The molecule has 2 aliphatic rings. The summed E-state index contributed by atoms with van der Waals surface area (Å²) in [4.78, 5) is 53.4. The van der Waals surface area contributed by atoms with Crippen LogP contribution in [0.4, 0.5) is 0 Å². The normalized spacial score (nSPS) is 19.0. The first-order valence-corrected chi connectivity index (χ1v) is 11.8. The van der Waals surface area contributed by atoms with Crippen LogP contribution in [-0.2, 0) is 20.8 Å². The van der Waals surface area contributed by atoms with E-state index < -0.39 is 35.2 Å². The number of rotatable bonds is 8. The second-order valence-corrected chi connectivity index (χ2v) is 9.50. The summed E-state index contributed by atoms with van der Waals surface area (Å²) >= 11 is 3.64. The number of thioether (sulfide) groups is 2. The third kappa shape index (κ3) is 6.05. The van der Waals surface area contributed by atoms with Crippen molar-refractivity contribution in [2.75, 3.05) is 11.5 Å². The Bertz CT molecular complexity index is 1090. The molecular weight excluding hydrogens is 512 g/mol. The standard InChI is InChI=1S/C17H15N5O6S3.2Na.2H/c23-9(3-7-1-2-29-12(7)16(27)28)20-10-13(24)22-11(15(25)26)8(4-30-14(10)22)5-31-17-18-6-19-21-17;;;;/h1-2,6,10,14H,3-5H2,(H,20,23)(H,25,26)(H,27,28)(H,18,19,21);;;;/t10?,14-;;;;/m1..../s1. The molecule has 2 amide bonds. The molecule has 2 aliphatic heterocycles. The summed E-state index contributed by atoms with van der Waals surface area (Å²) in [5.41, 5.74) is 0.867. The molecule has 0 aliphatic carbocycles. The number of amides is 2. The minimum absolute atomic E-state index is 0. The summed E-state index contributed by atoms with van der Waals surface area (Å²) in [5, 5.41) is 29.5. The van der Waals surface area contributed by atoms with Gasteiger partial charge in [0.1, 0.15) is 28.3 Å². The second-order valence-electron chi connectivity index (χ2n) is 6.54. The Kier molecular flexibility index (Phi) is 10.5. The van der Waals surface area contributed by atoms with Crippen LogP contribution in [0.2, 0.25) is 0 Å². The first kappa shape index (κ1) is 28.4. The fourth-order valence-electron chi connectivity index (χ4n) is 3.27. The van der Waals surface area contributed by atoms with Gasteiger partial charge in [-0.2, -0.15) is 0 Å². The summed E-state index contributed by atoms with van der Waals surface area (Å²) in [6, 6.07) is 0.697. The van der Waals surface area contributed by atoms with Crippen LogP contribution in [0.15, 0.2) is 34.2 Å². The first-order valence-electron chi connectivity index (χ1n) is 8.84. The molecule has 11 nitrogen and oxygen atoms in total. The van der Waals surface area contributed by atoms with Gasteiger partial charge in [-0.15, -0.1) is 28.2 Å². The van der Waals surface area contributed by atoms with Crippen molar-refractivity contribution < 1.29 is 29.4 Å². The number of hydrogen-bond donors (Lipinski definition) is 4. The van der Waals surface area contributed by atoms with Crippen LogP contribution in [-0.4, -0.2) is 136 Å². The summed E-state index contributed by atoms with van der Waals surface area (Å²) in [6.45, 7) is 0. The number of aromatic amines is 1. The minimum atomic E-state index is -1.21. The van der Waals surface area contributed by atoms with Gasteiger partial charge in [-0.1, -0.05) is 11.8 Å². The molecule has 166 valence electrons. The van der Waals surface area contributed by atoms with E-state index in [4.69, 9.17) is 5.11 Å². The van der Waals surface area contributed by atoms with Crippen LogP contribution in [0.5, 0.6) is 0 Å². The molecule has 0 spiro atoms. The molecular formula is C17H17N5Na2O6S3. The van der Waals surface area contributed by atoms with E-state index in [1.54, 1.807) is 11.4 Å². The van der Waals surface area contributed by atoms with Gasteiger partial charge < -0.3 is 15.5 Å². The SMILES string of the molecule is O=C(Cc1ccsc1C(=O)O)NC1C(=O)N2C(C(=O)O)=C(CSc3nc[nH]n3)CS[C@H]12.[NaH].[NaH]. The fourth-order valence-corrected chi connectivity index (χ4v) is 6.30. The van der Waals surface area contributed by atoms with Gasteiger partial charge in [-0.3, -0.25) is 19.6 Å². The average molecular weight is 530 g/mol. The van der Waals surface area contributed by atoms with Crippen LogP contribution in [0, 0.1) is 0 Å². The Morgan fingerprint density at radius 1 is 1.27 bits per heavy atom. The Hall–Kier alpha value is -0.840. The summed E-state index contributed by atoms with van der Waals surface area (Å²) in [7, 11) is 0. The number of β-lactam (4-membered cyclic amide) rings is 1. The van der Waals surface area contributed by atoms with Crippen molar-refractivity contribution in [3.05, 3.63) is 39.5 Å². The van der Waals surface area contributed by atoms with E-state index in [1.165, 1.54) is 34.8 Å². The number of H-pyrrole nitrogens is 1. The number of carbonyl (C=O) groups is 4. The van der Waals surface area contributed by atoms with E-state index in [1.807, 2.05) is 0 Å². The molecule has 0 radical (unpaired) electrons. The van der Waals surface area contributed by atoms with E-state index in [0.717, 1.165) is 11.3 Å². The van der Waals surface area contributed by atoms with Gasteiger partial charge in [0.15, 0.2) is 0 Å². The third-order valence-electron chi connectivity index (χ3n) is 4.63. The van der Waals surface area contributed by atoms with Crippen molar-refractivity contribution in [1.29, 1.82) is 0 Å². The van der Waals surface area contributed by atoms with Gasteiger partial charge >= 0.3 is 71.1 Å². The number of carboxylic acids is 2. The summed E-state index contributed by atoms with van der Waals surface area (Å²) in [5.74, 6) is -2.63. The van der Waals surface area contributed by atoms with Crippen LogP contribution < -0.4 is 5.32 Å². The number of aromatic nitrogens is 3. The topological polar surface area (TPSA) is 166 Å². The Morgan fingerprint density at radius 2 is 2.03 bits per heavy atom. The Labute approximate surface area is 244 Å². The van der Waals surface area contributed by atoms with Crippen molar-refractivity contribution in [3.8, 4) is 0 Å². The molecule has 0 aromatic carbocycles. The Balaban J connectivity index is 0.00000193. The molecule has 4 heterocycles. The molecule has 33 heavy (non-hydrogen) atoms. The number of fused-ring (bicyclic) bond motifs is 1. The molecule has 1 saturated heterocycles. The van der Waals surface area contributed by atoms with Gasteiger partial charge in [0.25, 0.3) is 5.91 Å². The zero-order valence-corrected chi connectivity index (χ0v) is 18.1. The van der Waals surface area contributed by atoms with Gasteiger partial charge in [-0.25, -0.2) is 14.6 Å². The van der Waals surface area contributed by atoms with Crippen LogP contribution in [0.3, 0.4) is 0 Å². The zero-order valence-electron chi connectivity index (χ0n) is 15.6. The van der Waals surface area contributed by atoms with Crippen molar-refractivity contribution in [3.63, 3.8) is 0 Å². The number of aliphatic carboxylic acids is 1. The predicted octanol–water partition coefficient (Wildman–Crippen LogP) is -0.659. The van der Waals surface area contributed by atoms with Crippen molar-refractivity contribution in [2.45, 2.75) is 23.0 Å². The maximum absolute atomic E-state index is 12.7. The molecule has 1 unspecified atom stereocenters. The van der Waals surface area contributed by atoms with E-state index in [-0.39, 0.29) is 76.1 Å². The van der Waals surface area contributed by atoms with Gasteiger partial charge in [0.2, 0.25) is 11.1 Å². The average Bonchev–Trinajstić information content (AvgIpc) is 3.41. The van der Waals surface area contributed by atoms with E-state index in [2.05, 4.69) is 20.5 Å². The number of nitrogens with one attached hydrogen (secondary N) is 2. The number of thiophene rings is 1. The molecule has 1 fully saturated rings. The molecule has 2 aromatic heterocycles. The summed E-state index contributed by atoms with van der Waals surface area (Å²) < 4.78 is 0. The zero-order chi connectivity index (χ0) is 22.1. The van der Waals surface area contributed by atoms with Crippen LogP contribution in [0.1, 0.15) is 15.2 Å². The van der Waals surface area contributed by atoms with E-state index >= 15 is 0 Å². The molecule has 4 rings (SSSR count). The summed E-state index contributed by atoms with van der Waals surface area (Å²) in [6.07, 6.45) is 1.24. The van der Waals surface area contributed by atoms with Crippen LogP contribution in [0.25, 0.3) is 0 Å².